The molecule has 0 aliphatic rings. The van der Waals surface area contributed by atoms with Gasteiger partial charge in [0.25, 0.3) is 0 Å². The third-order valence-corrected chi connectivity index (χ3v) is 6.49. The summed E-state index contributed by atoms with van der Waals surface area (Å²) < 4.78 is 28.8. The molecule has 2 rings (SSSR count). The molecular formula is C9H9BrClN3O2S2. The highest BCUT2D eigenvalue weighted by molar-refractivity contribution is 9.11. The van der Waals surface area contributed by atoms with Crippen molar-refractivity contribution in [3.05, 3.63) is 33.3 Å². The van der Waals surface area contributed by atoms with Gasteiger partial charge in [0.05, 0.1) is 15.4 Å². The number of hydrogen-bond donors (Lipinski definition) is 1. The third-order valence-electron chi connectivity index (χ3n) is 2.08. The maximum atomic E-state index is 11.9. The van der Waals surface area contributed by atoms with Crippen LogP contribution in [0.3, 0.4) is 0 Å². The van der Waals surface area contributed by atoms with E-state index < -0.39 is 10.0 Å². The molecule has 2 aromatic heterocycles. The minimum absolute atomic E-state index is 0.194. The summed E-state index contributed by atoms with van der Waals surface area (Å²) in [4.78, 5) is 0. The van der Waals surface area contributed by atoms with Crippen LogP contribution in [0.2, 0.25) is 5.02 Å². The fraction of sp³-hybridized carbons (Fsp3) is 0.222. The van der Waals surface area contributed by atoms with E-state index in [2.05, 4.69) is 25.8 Å². The van der Waals surface area contributed by atoms with Crippen LogP contribution in [0.25, 0.3) is 0 Å². The van der Waals surface area contributed by atoms with Gasteiger partial charge in [-0.2, -0.15) is 5.10 Å². The second-order valence-electron chi connectivity index (χ2n) is 3.35. The highest BCUT2D eigenvalue weighted by Gasteiger charge is 2.18. The zero-order chi connectivity index (χ0) is 13.2. The molecule has 98 valence electrons. The molecule has 9 heteroatoms. The smallest absolute Gasteiger partial charge is 0.250 e. The van der Waals surface area contributed by atoms with Gasteiger partial charge in [0.1, 0.15) is 4.21 Å². The monoisotopic (exact) mass is 369 g/mol. The van der Waals surface area contributed by atoms with Gasteiger partial charge < -0.3 is 0 Å². The minimum atomic E-state index is -3.50. The molecule has 0 radical (unpaired) electrons. The molecule has 0 aliphatic heterocycles. The second kappa shape index (κ2) is 5.70. The van der Waals surface area contributed by atoms with E-state index in [1.54, 1.807) is 23.1 Å². The molecule has 18 heavy (non-hydrogen) atoms. The summed E-state index contributed by atoms with van der Waals surface area (Å²) in [6.07, 6.45) is 3.41. The van der Waals surface area contributed by atoms with Crippen LogP contribution in [0.15, 0.2) is 32.5 Å². The first kappa shape index (κ1) is 14.0. The molecule has 2 heterocycles. The Morgan fingerprint density at radius 3 is 2.89 bits per heavy atom. The first-order valence-corrected chi connectivity index (χ1v) is 8.38. The van der Waals surface area contributed by atoms with E-state index in [9.17, 15) is 8.42 Å². The molecule has 0 aromatic carbocycles. The van der Waals surface area contributed by atoms with Gasteiger partial charge in [-0.05, 0) is 28.1 Å². The van der Waals surface area contributed by atoms with E-state index in [0.29, 0.717) is 15.4 Å². The van der Waals surface area contributed by atoms with Crippen molar-refractivity contribution in [2.45, 2.75) is 10.8 Å². The number of rotatable bonds is 5. The largest absolute Gasteiger partial charge is 0.271 e. The zero-order valence-electron chi connectivity index (χ0n) is 9.01. The molecule has 0 spiro atoms. The number of hydrogen-bond acceptors (Lipinski definition) is 4. The number of thiophene rings is 1. The van der Waals surface area contributed by atoms with Gasteiger partial charge >= 0.3 is 0 Å². The summed E-state index contributed by atoms with van der Waals surface area (Å²) in [5, 5.41) is 4.38. The van der Waals surface area contributed by atoms with Crippen LogP contribution >= 0.6 is 38.9 Å². The Labute approximate surface area is 122 Å². The van der Waals surface area contributed by atoms with Crippen LogP contribution in [0.5, 0.6) is 0 Å². The first-order valence-electron chi connectivity index (χ1n) is 4.91. The molecule has 0 bridgehead atoms. The first-order chi connectivity index (χ1) is 8.49. The van der Waals surface area contributed by atoms with Crippen molar-refractivity contribution in [1.29, 1.82) is 0 Å². The predicted octanol–water partition coefficient (Wildman–Crippen LogP) is 2.34. The van der Waals surface area contributed by atoms with Crippen molar-refractivity contribution in [2.75, 3.05) is 6.54 Å². The Bertz CT molecular complexity index is 605. The predicted molar refractivity (Wildman–Crippen MR) is 74.4 cm³/mol. The maximum absolute atomic E-state index is 11.9. The topological polar surface area (TPSA) is 64.0 Å². The van der Waals surface area contributed by atoms with Gasteiger partial charge in [-0.3, -0.25) is 4.68 Å². The second-order valence-corrected chi connectivity index (χ2v) is 8.13. The van der Waals surface area contributed by atoms with E-state index in [1.165, 1.54) is 6.07 Å². The fourth-order valence-electron chi connectivity index (χ4n) is 1.26. The highest BCUT2D eigenvalue weighted by atomic mass is 79.9. The summed E-state index contributed by atoms with van der Waals surface area (Å²) in [5.41, 5.74) is 0. The molecule has 5 nitrogen and oxygen atoms in total. The van der Waals surface area contributed by atoms with E-state index >= 15 is 0 Å². The summed E-state index contributed by atoms with van der Waals surface area (Å²) in [7, 11) is -3.50. The van der Waals surface area contributed by atoms with Gasteiger partial charge in [-0.25, -0.2) is 13.1 Å². The lowest BCUT2D eigenvalue weighted by molar-refractivity contribution is 0.562. The number of nitrogens with zero attached hydrogens (tertiary/aromatic N) is 2. The molecule has 0 saturated heterocycles. The van der Waals surface area contributed by atoms with Crippen LogP contribution in [-0.2, 0) is 16.6 Å². The van der Waals surface area contributed by atoms with Crippen molar-refractivity contribution in [2.24, 2.45) is 0 Å². The van der Waals surface area contributed by atoms with Crippen LogP contribution in [0, 0.1) is 0 Å². The van der Waals surface area contributed by atoms with Crippen molar-refractivity contribution < 1.29 is 8.42 Å². The van der Waals surface area contributed by atoms with Gasteiger partial charge in [0, 0.05) is 18.9 Å². The molecule has 0 fully saturated rings. The van der Waals surface area contributed by atoms with E-state index in [4.69, 9.17) is 11.6 Å². The molecular weight excluding hydrogens is 362 g/mol. The van der Waals surface area contributed by atoms with Crippen LogP contribution in [-0.4, -0.2) is 24.7 Å². The fourth-order valence-corrected chi connectivity index (χ4v) is 4.72. The van der Waals surface area contributed by atoms with Crippen LogP contribution in [0.4, 0.5) is 0 Å². The Balaban J connectivity index is 1.99. The molecule has 0 unspecified atom stereocenters. The summed E-state index contributed by atoms with van der Waals surface area (Å²) in [6, 6.07) is 3.21. The summed E-state index contributed by atoms with van der Waals surface area (Å²) in [5.74, 6) is 0. The average Bonchev–Trinajstić information content (AvgIpc) is 2.90. The van der Waals surface area contributed by atoms with Crippen molar-refractivity contribution in [3.63, 3.8) is 0 Å². The SMILES string of the molecule is O=S(=O)(NCCn1cccn1)c1cc(Cl)c(Br)s1. The normalized spacial score (nSPS) is 11.9. The van der Waals surface area contributed by atoms with Gasteiger partial charge in [-0.1, -0.05) is 11.6 Å². The molecule has 0 saturated carbocycles. The Kier molecular flexibility index (Phi) is 4.44. The Hall–Kier alpha value is -0.410. The standard InChI is InChI=1S/C9H9BrClN3O2S2/c10-9-7(11)6-8(17-9)18(15,16)13-3-5-14-4-1-2-12-14/h1-2,4,6,13H,3,5H2. The molecule has 0 aliphatic carbocycles. The highest BCUT2D eigenvalue weighted by Crippen LogP contribution is 2.34. The lowest BCUT2D eigenvalue weighted by atomic mass is 10.6. The van der Waals surface area contributed by atoms with Crippen LogP contribution in [0.1, 0.15) is 0 Å². The molecule has 0 atom stereocenters. The van der Waals surface area contributed by atoms with Crippen molar-refractivity contribution >= 4 is 48.9 Å². The number of sulfonamides is 1. The number of aromatic nitrogens is 2. The Morgan fingerprint density at radius 2 is 2.33 bits per heavy atom. The lowest BCUT2D eigenvalue weighted by Crippen LogP contribution is -2.26. The Morgan fingerprint density at radius 1 is 1.56 bits per heavy atom. The van der Waals surface area contributed by atoms with Crippen LogP contribution < -0.4 is 4.72 Å². The maximum Gasteiger partial charge on any atom is 0.250 e. The van der Waals surface area contributed by atoms with Gasteiger partial charge in [0.2, 0.25) is 10.0 Å². The van der Waals surface area contributed by atoms with E-state index in [0.717, 1.165) is 11.3 Å². The summed E-state index contributed by atoms with van der Waals surface area (Å²) >= 11 is 10.1. The molecule has 2 aromatic rings. The molecule has 0 amide bonds. The summed E-state index contributed by atoms with van der Waals surface area (Å²) in [6.45, 7) is 0.754. The minimum Gasteiger partial charge on any atom is -0.271 e. The van der Waals surface area contributed by atoms with E-state index in [-0.39, 0.29) is 10.8 Å². The average molecular weight is 371 g/mol. The van der Waals surface area contributed by atoms with Crippen molar-refractivity contribution in [1.82, 2.24) is 14.5 Å². The zero-order valence-corrected chi connectivity index (χ0v) is 13.0. The van der Waals surface area contributed by atoms with E-state index in [1.807, 2.05) is 0 Å². The third kappa shape index (κ3) is 3.33. The van der Waals surface area contributed by atoms with Gasteiger partial charge in [0.15, 0.2) is 0 Å². The quantitative estimate of drug-likeness (QED) is 0.878. The van der Waals surface area contributed by atoms with Gasteiger partial charge in [-0.15, -0.1) is 11.3 Å². The van der Waals surface area contributed by atoms with Crippen molar-refractivity contribution in [3.8, 4) is 0 Å². The molecule has 1 N–H and O–H groups in total. The lowest BCUT2D eigenvalue weighted by Gasteiger charge is -2.04. The number of nitrogens with one attached hydrogen (secondary N) is 1. The number of halogens is 2.